The van der Waals surface area contributed by atoms with Gasteiger partial charge in [-0.3, -0.25) is 4.90 Å². The molecule has 1 fully saturated rings. The van der Waals surface area contributed by atoms with Gasteiger partial charge in [0.25, 0.3) is 0 Å². The van der Waals surface area contributed by atoms with Crippen molar-refractivity contribution < 1.29 is 25.6 Å². The van der Waals surface area contributed by atoms with E-state index in [0.29, 0.717) is 12.3 Å². The molecule has 7 nitrogen and oxygen atoms in total. The first-order valence-electron chi connectivity index (χ1n) is 8.73. The Kier molecular flexibility index (Phi) is 5.95. The molecule has 0 aliphatic carbocycles. The molecule has 1 aliphatic rings. The molecule has 28 heavy (non-hydrogen) atoms. The molecule has 3 rings (SSSR count). The van der Waals surface area contributed by atoms with Gasteiger partial charge >= 0.3 is 0 Å². The van der Waals surface area contributed by atoms with Gasteiger partial charge in [0.2, 0.25) is 0 Å². The zero-order valence-electron chi connectivity index (χ0n) is 15.6. The number of nitrogens with zero attached hydrogens (tertiary/aromatic N) is 1. The molecule has 2 heterocycles. The molecule has 0 bridgehead atoms. The number of likely N-dealkylation sites (N-methyl/N-ethyl adjacent to an activating group) is 1. The van der Waals surface area contributed by atoms with Crippen LogP contribution in [0.25, 0.3) is 0 Å². The fourth-order valence-corrected chi connectivity index (χ4v) is 8.11. The van der Waals surface area contributed by atoms with Crippen molar-refractivity contribution >= 4 is 19.7 Å². The van der Waals surface area contributed by atoms with Gasteiger partial charge in [0, 0.05) is 12.6 Å². The molecule has 0 spiro atoms. The van der Waals surface area contributed by atoms with Crippen molar-refractivity contribution in [3.05, 3.63) is 54.2 Å². The molecule has 1 aromatic heterocycles. The lowest BCUT2D eigenvalue weighted by atomic mass is 10.2. The van der Waals surface area contributed by atoms with Gasteiger partial charge in [0.05, 0.1) is 34.0 Å². The highest BCUT2D eigenvalue weighted by Crippen LogP contribution is 2.27. The first kappa shape index (κ1) is 21.0. The summed E-state index contributed by atoms with van der Waals surface area (Å²) < 4.78 is 69.0. The summed E-state index contributed by atoms with van der Waals surface area (Å²) >= 11 is 0. The van der Waals surface area contributed by atoms with Crippen molar-refractivity contribution in [2.75, 3.05) is 32.1 Å². The van der Waals surface area contributed by atoms with Crippen molar-refractivity contribution in [3.63, 3.8) is 0 Å². The van der Waals surface area contributed by atoms with Crippen LogP contribution in [0.2, 0.25) is 0 Å². The first-order chi connectivity index (χ1) is 13.1. The van der Waals surface area contributed by atoms with E-state index in [9.17, 15) is 21.2 Å². The van der Waals surface area contributed by atoms with Gasteiger partial charge in [0.1, 0.15) is 11.6 Å². The van der Waals surface area contributed by atoms with Crippen molar-refractivity contribution in [1.82, 2.24) is 10.2 Å². The molecule has 1 aromatic carbocycles. The zero-order chi connectivity index (χ0) is 20.5. The summed E-state index contributed by atoms with van der Waals surface area (Å²) in [5.74, 6) is -0.593. The average Bonchev–Trinajstić information content (AvgIpc) is 3.23. The van der Waals surface area contributed by atoms with Crippen molar-refractivity contribution in [2.24, 2.45) is 0 Å². The molecule has 2 aromatic rings. The Bertz CT molecular complexity index is 1000. The minimum atomic E-state index is -3.94. The van der Waals surface area contributed by atoms with Gasteiger partial charge in [-0.05, 0) is 50.5 Å². The van der Waals surface area contributed by atoms with Crippen LogP contribution in [-0.4, -0.2) is 65.2 Å². The van der Waals surface area contributed by atoms with Crippen molar-refractivity contribution in [3.8, 4) is 0 Å². The second kappa shape index (κ2) is 7.94. The van der Waals surface area contributed by atoms with Gasteiger partial charge in [0.15, 0.2) is 19.7 Å². The van der Waals surface area contributed by atoms with Crippen LogP contribution < -0.4 is 5.32 Å². The maximum atomic E-state index is 13.2. The maximum Gasteiger partial charge on any atom is 0.183 e. The number of rotatable bonds is 7. The normalized spacial score (nSPS) is 23.1. The quantitative estimate of drug-likeness (QED) is 0.661. The van der Waals surface area contributed by atoms with Crippen LogP contribution in [-0.2, 0) is 19.7 Å². The van der Waals surface area contributed by atoms with E-state index in [0.717, 1.165) is 24.3 Å². The van der Waals surface area contributed by atoms with Crippen molar-refractivity contribution in [1.29, 1.82) is 0 Å². The fourth-order valence-electron chi connectivity index (χ4n) is 3.39. The monoisotopic (exact) mass is 430 g/mol. The highest BCUT2D eigenvalue weighted by Gasteiger charge is 2.45. The second-order valence-electron chi connectivity index (χ2n) is 7.12. The smallest absolute Gasteiger partial charge is 0.183 e. The van der Waals surface area contributed by atoms with E-state index in [4.69, 9.17) is 4.42 Å². The Labute approximate surface area is 164 Å². The summed E-state index contributed by atoms with van der Waals surface area (Å²) in [5.41, 5.74) is 0. The number of hydrogen-bond donors (Lipinski definition) is 1. The van der Waals surface area contributed by atoms with E-state index in [2.05, 4.69) is 5.32 Å². The Balaban J connectivity index is 1.83. The lowest BCUT2D eigenvalue weighted by Gasteiger charge is -2.26. The number of hydrogen-bond acceptors (Lipinski definition) is 7. The zero-order valence-corrected chi connectivity index (χ0v) is 17.2. The van der Waals surface area contributed by atoms with Crippen LogP contribution in [0.15, 0.2) is 52.0 Å². The SMILES string of the molecule is CN(C)C(CN[C@H]1CS(=O)(=O)C[C@@H]1S(=O)(=O)c1ccc(F)cc1)c1ccco1. The third kappa shape index (κ3) is 4.45. The Hall–Kier alpha value is -1.75. The molecule has 3 atom stereocenters. The van der Waals surface area contributed by atoms with Gasteiger partial charge < -0.3 is 9.73 Å². The molecule has 10 heteroatoms. The first-order valence-corrected chi connectivity index (χ1v) is 12.1. The highest BCUT2D eigenvalue weighted by molar-refractivity contribution is 7.96. The molecular weight excluding hydrogens is 407 g/mol. The molecule has 1 N–H and O–H groups in total. The highest BCUT2D eigenvalue weighted by atomic mass is 32.2. The van der Waals surface area contributed by atoms with E-state index in [1.807, 2.05) is 25.1 Å². The number of sulfone groups is 2. The molecule has 0 saturated carbocycles. The van der Waals surface area contributed by atoms with Crippen LogP contribution >= 0.6 is 0 Å². The Morgan fingerprint density at radius 1 is 1.21 bits per heavy atom. The lowest BCUT2D eigenvalue weighted by Crippen LogP contribution is -2.46. The van der Waals surface area contributed by atoms with Crippen LogP contribution in [0.5, 0.6) is 0 Å². The standard InChI is InChI=1S/C18H23FN2O5S2/c1-21(2)16(17-4-3-9-26-17)10-20-15-11-27(22,23)12-18(15)28(24,25)14-7-5-13(19)6-8-14/h3-9,15-16,18,20H,10-12H2,1-2H3/t15-,16?,18-/m0/s1. The van der Waals surface area contributed by atoms with E-state index < -0.39 is 42.5 Å². The van der Waals surface area contributed by atoms with Crippen LogP contribution in [0.4, 0.5) is 4.39 Å². The summed E-state index contributed by atoms with van der Waals surface area (Å²) in [5, 5.41) is 1.97. The van der Waals surface area contributed by atoms with E-state index >= 15 is 0 Å². The number of nitrogens with one attached hydrogen (secondary N) is 1. The third-order valence-electron chi connectivity index (χ3n) is 4.91. The molecule has 1 saturated heterocycles. The van der Waals surface area contributed by atoms with Crippen LogP contribution in [0, 0.1) is 5.82 Å². The summed E-state index contributed by atoms with van der Waals surface area (Å²) in [4.78, 5) is 1.82. The largest absolute Gasteiger partial charge is 0.468 e. The van der Waals surface area contributed by atoms with E-state index in [1.54, 1.807) is 12.3 Å². The number of benzene rings is 1. The maximum absolute atomic E-state index is 13.2. The van der Waals surface area contributed by atoms with Gasteiger partial charge in [-0.25, -0.2) is 21.2 Å². The molecule has 1 aliphatic heterocycles. The minimum absolute atomic E-state index is 0.0852. The lowest BCUT2D eigenvalue weighted by molar-refractivity contribution is 0.245. The summed E-state index contributed by atoms with van der Waals surface area (Å²) in [6, 6.07) is 7.05. The summed E-state index contributed by atoms with van der Waals surface area (Å²) in [7, 11) is -3.75. The molecule has 0 amide bonds. The molecule has 154 valence electrons. The van der Waals surface area contributed by atoms with Crippen LogP contribution in [0.3, 0.4) is 0 Å². The van der Waals surface area contributed by atoms with Crippen molar-refractivity contribution in [2.45, 2.75) is 22.2 Å². The Morgan fingerprint density at radius 3 is 2.46 bits per heavy atom. The van der Waals surface area contributed by atoms with E-state index in [1.165, 1.54) is 0 Å². The van der Waals surface area contributed by atoms with Crippen LogP contribution in [0.1, 0.15) is 11.8 Å². The fraction of sp³-hybridized carbons (Fsp3) is 0.444. The summed E-state index contributed by atoms with van der Waals surface area (Å²) in [6.07, 6.45) is 1.55. The predicted octanol–water partition coefficient (Wildman–Crippen LogP) is 1.25. The van der Waals surface area contributed by atoms with Gasteiger partial charge in [-0.1, -0.05) is 0 Å². The van der Waals surface area contributed by atoms with E-state index in [-0.39, 0.29) is 16.7 Å². The molecular formula is C18H23FN2O5S2. The second-order valence-corrected chi connectivity index (χ2v) is 11.4. The average molecular weight is 431 g/mol. The number of halogens is 1. The van der Waals surface area contributed by atoms with Gasteiger partial charge in [-0.15, -0.1) is 0 Å². The summed E-state index contributed by atoms with van der Waals surface area (Å²) in [6.45, 7) is 0.316. The molecule has 1 unspecified atom stereocenters. The third-order valence-corrected chi connectivity index (χ3v) is 9.08. The number of furan rings is 1. The van der Waals surface area contributed by atoms with Gasteiger partial charge in [-0.2, -0.15) is 0 Å². The molecule has 0 radical (unpaired) electrons. The minimum Gasteiger partial charge on any atom is -0.468 e. The Morgan fingerprint density at radius 2 is 1.89 bits per heavy atom. The topological polar surface area (TPSA) is 96.7 Å². The predicted molar refractivity (Wildman–Crippen MR) is 103 cm³/mol.